The molecule has 31 heavy (non-hydrogen) atoms. The van der Waals surface area contributed by atoms with E-state index in [1.54, 1.807) is 6.08 Å². The van der Waals surface area contributed by atoms with Crippen molar-refractivity contribution in [3.8, 4) is 5.75 Å². The molecule has 3 aromatic rings. The van der Waals surface area contributed by atoms with Crippen molar-refractivity contribution in [1.29, 1.82) is 0 Å². The summed E-state index contributed by atoms with van der Waals surface area (Å²) in [5.41, 5.74) is 4.09. The number of ether oxygens (including phenoxy) is 1. The molecule has 0 aliphatic carbocycles. The van der Waals surface area contributed by atoms with Gasteiger partial charge in [0.2, 0.25) is 5.91 Å². The third kappa shape index (κ3) is 5.98. The maximum absolute atomic E-state index is 12.5. The van der Waals surface area contributed by atoms with Gasteiger partial charge in [-0.1, -0.05) is 45.9 Å². The second-order valence-electron chi connectivity index (χ2n) is 7.09. The highest BCUT2D eigenvalue weighted by molar-refractivity contribution is 9.10. The Labute approximate surface area is 195 Å². The number of carbonyl (C=O) groups is 1. The van der Waals surface area contributed by atoms with Crippen LogP contribution in [0.4, 0.5) is 5.69 Å². The molecule has 0 fully saturated rings. The molecule has 6 nitrogen and oxygen atoms in total. The van der Waals surface area contributed by atoms with E-state index < -0.39 is 0 Å². The van der Waals surface area contributed by atoms with Crippen LogP contribution < -0.4 is 10.1 Å². The molecule has 0 saturated carbocycles. The molecule has 0 saturated heterocycles. The lowest BCUT2D eigenvalue weighted by Gasteiger charge is -2.12. The summed E-state index contributed by atoms with van der Waals surface area (Å²) in [4.78, 5) is 12.5. The van der Waals surface area contributed by atoms with Gasteiger partial charge in [-0.3, -0.25) is 9.36 Å². The standard InChI is InChI=1S/C23H25BrN4O2S/c1-5-11-28-21(13-30-18-8-6-7-15(2)12-18)26-27-23(28)31-14-22(29)25-20-10-9-19(24)16(3)17(20)4/h5-10,12H,1,11,13-14H2,2-4H3,(H,25,29). The Morgan fingerprint density at radius 2 is 2.03 bits per heavy atom. The quantitative estimate of drug-likeness (QED) is 0.312. The number of nitrogens with one attached hydrogen (secondary N) is 1. The van der Waals surface area contributed by atoms with Gasteiger partial charge in [-0.25, -0.2) is 0 Å². The molecular weight excluding hydrogens is 476 g/mol. The molecule has 0 aliphatic rings. The second-order valence-corrected chi connectivity index (χ2v) is 8.88. The van der Waals surface area contributed by atoms with Gasteiger partial charge >= 0.3 is 0 Å². The molecule has 1 amide bonds. The minimum Gasteiger partial charge on any atom is -0.486 e. The molecular formula is C23H25BrN4O2S. The van der Waals surface area contributed by atoms with Gasteiger partial charge in [-0.15, -0.1) is 16.8 Å². The van der Waals surface area contributed by atoms with Gasteiger partial charge < -0.3 is 10.1 Å². The summed E-state index contributed by atoms with van der Waals surface area (Å²) in [6, 6.07) is 11.7. The lowest BCUT2D eigenvalue weighted by atomic mass is 10.1. The highest BCUT2D eigenvalue weighted by Gasteiger charge is 2.15. The number of nitrogens with zero attached hydrogens (tertiary/aromatic N) is 3. The number of allylic oxidation sites excluding steroid dienone is 1. The van der Waals surface area contributed by atoms with Crippen LogP contribution in [0.25, 0.3) is 0 Å². The Kier molecular flexibility index (Phi) is 7.92. The first-order valence-electron chi connectivity index (χ1n) is 9.80. The maximum atomic E-state index is 12.5. The summed E-state index contributed by atoms with van der Waals surface area (Å²) in [5.74, 6) is 1.59. The predicted molar refractivity (Wildman–Crippen MR) is 129 cm³/mol. The van der Waals surface area contributed by atoms with Crippen LogP contribution in [0.3, 0.4) is 0 Å². The molecule has 1 N–H and O–H groups in total. The Balaban J connectivity index is 1.64. The number of hydrogen-bond acceptors (Lipinski definition) is 5. The number of rotatable bonds is 9. The highest BCUT2D eigenvalue weighted by Crippen LogP contribution is 2.26. The van der Waals surface area contributed by atoms with E-state index >= 15 is 0 Å². The largest absolute Gasteiger partial charge is 0.486 e. The minimum absolute atomic E-state index is 0.0967. The first-order chi connectivity index (χ1) is 14.9. The average molecular weight is 501 g/mol. The molecule has 0 bridgehead atoms. The van der Waals surface area contributed by atoms with Gasteiger partial charge in [0.25, 0.3) is 0 Å². The Morgan fingerprint density at radius 3 is 2.77 bits per heavy atom. The van der Waals surface area contributed by atoms with Crippen LogP contribution in [0, 0.1) is 20.8 Å². The van der Waals surface area contributed by atoms with Crippen LogP contribution in [0.2, 0.25) is 0 Å². The van der Waals surface area contributed by atoms with Gasteiger partial charge in [-0.2, -0.15) is 0 Å². The van der Waals surface area contributed by atoms with Crippen molar-refractivity contribution in [1.82, 2.24) is 14.8 Å². The summed E-state index contributed by atoms with van der Waals surface area (Å²) in [5, 5.41) is 12.1. The molecule has 1 heterocycles. The SMILES string of the molecule is C=CCn1c(COc2cccc(C)c2)nnc1SCC(=O)Nc1ccc(Br)c(C)c1C. The van der Waals surface area contributed by atoms with Crippen LogP contribution >= 0.6 is 27.7 Å². The molecule has 0 radical (unpaired) electrons. The van der Waals surface area contributed by atoms with Gasteiger partial charge in [0.1, 0.15) is 12.4 Å². The first kappa shape index (κ1) is 23.1. The maximum Gasteiger partial charge on any atom is 0.234 e. The van der Waals surface area contributed by atoms with E-state index in [0.717, 1.165) is 32.6 Å². The van der Waals surface area contributed by atoms with Crippen molar-refractivity contribution in [3.63, 3.8) is 0 Å². The first-order valence-corrected chi connectivity index (χ1v) is 11.6. The van der Waals surface area contributed by atoms with Crippen molar-refractivity contribution in [2.45, 2.75) is 39.1 Å². The van der Waals surface area contributed by atoms with Crippen LogP contribution in [0.5, 0.6) is 5.75 Å². The number of aromatic nitrogens is 3. The van der Waals surface area contributed by atoms with Crippen LogP contribution in [0.15, 0.2) is 58.7 Å². The monoisotopic (exact) mass is 500 g/mol. The van der Waals surface area contributed by atoms with Crippen molar-refractivity contribution >= 4 is 39.3 Å². The fraction of sp³-hybridized carbons (Fsp3) is 0.261. The fourth-order valence-corrected chi connectivity index (χ4v) is 4.13. The molecule has 0 atom stereocenters. The molecule has 0 spiro atoms. The van der Waals surface area contributed by atoms with Gasteiger partial charge in [0.05, 0.1) is 5.75 Å². The van der Waals surface area contributed by atoms with Gasteiger partial charge in [-0.05, 0) is 61.7 Å². The summed E-state index contributed by atoms with van der Waals surface area (Å²) in [7, 11) is 0. The summed E-state index contributed by atoms with van der Waals surface area (Å²) in [6.45, 7) is 10.7. The van der Waals surface area contributed by atoms with Crippen LogP contribution in [-0.2, 0) is 17.9 Å². The van der Waals surface area contributed by atoms with E-state index in [1.165, 1.54) is 11.8 Å². The highest BCUT2D eigenvalue weighted by atomic mass is 79.9. The van der Waals surface area contributed by atoms with Crippen LogP contribution in [0.1, 0.15) is 22.5 Å². The van der Waals surface area contributed by atoms with E-state index in [2.05, 4.69) is 38.0 Å². The molecule has 0 aliphatic heterocycles. The zero-order chi connectivity index (χ0) is 22.4. The number of carbonyl (C=O) groups excluding carboxylic acids is 1. The molecule has 3 rings (SSSR count). The summed E-state index contributed by atoms with van der Waals surface area (Å²) < 4.78 is 8.80. The summed E-state index contributed by atoms with van der Waals surface area (Å²) in [6.07, 6.45) is 1.78. The van der Waals surface area contributed by atoms with Crippen LogP contribution in [-0.4, -0.2) is 26.4 Å². The molecule has 0 unspecified atom stereocenters. The van der Waals surface area contributed by atoms with E-state index in [-0.39, 0.29) is 18.3 Å². The zero-order valence-electron chi connectivity index (χ0n) is 17.8. The number of anilines is 1. The fourth-order valence-electron chi connectivity index (χ4n) is 2.94. The number of benzene rings is 2. The van der Waals surface area contributed by atoms with Crippen molar-refractivity contribution in [2.24, 2.45) is 0 Å². The molecule has 2 aromatic carbocycles. The number of amides is 1. The topological polar surface area (TPSA) is 69.0 Å². The minimum atomic E-state index is -0.0967. The predicted octanol–water partition coefficient (Wildman–Crippen LogP) is 5.46. The third-order valence-corrected chi connectivity index (χ3v) is 6.62. The van der Waals surface area contributed by atoms with Crippen molar-refractivity contribution in [3.05, 3.63) is 76.0 Å². The zero-order valence-corrected chi connectivity index (χ0v) is 20.2. The average Bonchev–Trinajstić information content (AvgIpc) is 3.13. The lowest BCUT2D eigenvalue weighted by molar-refractivity contribution is -0.113. The normalized spacial score (nSPS) is 10.7. The number of hydrogen-bond donors (Lipinski definition) is 1. The van der Waals surface area contributed by atoms with E-state index in [1.807, 2.05) is 61.7 Å². The number of halogens is 1. The Hall–Kier alpha value is -2.58. The summed E-state index contributed by atoms with van der Waals surface area (Å²) >= 11 is 4.85. The Morgan fingerprint density at radius 1 is 1.23 bits per heavy atom. The number of thioether (sulfide) groups is 1. The van der Waals surface area contributed by atoms with Gasteiger partial charge in [0, 0.05) is 16.7 Å². The molecule has 8 heteroatoms. The third-order valence-electron chi connectivity index (χ3n) is 4.79. The van der Waals surface area contributed by atoms with E-state index in [0.29, 0.717) is 17.5 Å². The second kappa shape index (κ2) is 10.6. The van der Waals surface area contributed by atoms with E-state index in [9.17, 15) is 4.79 Å². The Bertz CT molecular complexity index is 1100. The molecule has 1 aromatic heterocycles. The molecule has 162 valence electrons. The number of aryl methyl sites for hydroxylation is 1. The van der Waals surface area contributed by atoms with Crippen molar-refractivity contribution < 1.29 is 9.53 Å². The van der Waals surface area contributed by atoms with Gasteiger partial charge in [0.15, 0.2) is 11.0 Å². The smallest absolute Gasteiger partial charge is 0.234 e. The lowest BCUT2D eigenvalue weighted by Crippen LogP contribution is -2.16. The van der Waals surface area contributed by atoms with Crippen molar-refractivity contribution in [2.75, 3.05) is 11.1 Å². The van der Waals surface area contributed by atoms with E-state index in [4.69, 9.17) is 4.74 Å².